The molecule has 0 aliphatic heterocycles. The maximum Gasteiger partial charge on any atom is 0.0192 e. The minimum atomic E-state index is 0. The van der Waals surface area contributed by atoms with E-state index in [0.29, 0.717) is 0 Å². The van der Waals surface area contributed by atoms with Gasteiger partial charge in [-0.25, -0.2) is 0 Å². The molecule has 4 heteroatoms. The molecule has 0 fully saturated rings. The molecule has 2 nitrogen and oxygen atoms in total. The Hall–Kier alpha value is -2.65. The van der Waals surface area contributed by atoms with Crippen LogP contribution in [0.15, 0.2) is 67.0 Å². The van der Waals surface area contributed by atoms with Crippen molar-refractivity contribution in [2.45, 2.75) is 46.5 Å². The number of fused-ring (bicyclic) bond motifs is 3. The number of hydrogen-bond acceptors (Lipinski definition) is 3. The number of rotatable bonds is 2. The number of thiophene rings is 1. The smallest absolute Gasteiger partial charge is 0.0192 e. The van der Waals surface area contributed by atoms with Crippen molar-refractivity contribution in [2.24, 2.45) is 0 Å². The van der Waals surface area contributed by atoms with Gasteiger partial charge in [-0.2, -0.15) is 11.3 Å². The van der Waals surface area contributed by atoms with Crippen molar-refractivity contribution in [2.75, 3.05) is 0 Å². The zero-order valence-electron chi connectivity index (χ0n) is 20.3. The van der Waals surface area contributed by atoms with Gasteiger partial charge in [-0.1, -0.05) is 29.1 Å². The van der Waals surface area contributed by atoms with Crippen molar-refractivity contribution in [3.8, 4) is 22.5 Å². The SMILES string of the molecule is Cc1ccc(-c2[c-]cccc2)nc1.Cc1cnc(-c2[c-]ccc3c4c(sc23)CCCC4)cc1C.[Ir]. The Bertz CT molecular complexity index is 1420. The van der Waals surface area contributed by atoms with Crippen LogP contribution in [0.4, 0.5) is 0 Å². The molecule has 0 spiro atoms. The Balaban J connectivity index is 0.000000179. The molecule has 0 atom stereocenters. The first kappa shape index (κ1) is 25.4. The van der Waals surface area contributed by atoms with Gasteiger partial charge in [-0.05, 0) is 84.1 Å². The van der Waals surface area contributed by atoms with Crippen molar-refractivity contribution in [3.05, 3.63) is 106 Å². The van der Waals surface area contributed by atoms with Crippen LogP contribution in [-0.2, 0) is 32.9 Å². The molecule has 6 rings (SSSR count). The molecule has 5 aromatic rings. The van der Waals surface area contributed by atoms with Crippen LogP contribution in [0, 0.1) is 32.9 Å². The molecular formula is C31H28IrN2S-2. The summed E-state index contributed by atoms with van der Waals surface area (Å²) in [5.41, 5.74) is 9.56. The molecule has 0 amide bonds. The van der Waals surface area contributed by atoms with E-state index in [1.165, 1.54) is 58.0 Å². The Kier molecular flexibility index (Phi) is 8.28. The molecule has 3 aromatic heterocycles. The zero-order valence-corrected chi connectivity index (χ0v) is 23.5. The fraction of sp³-hybridized carbons (Fsp3) is 0.226. The van der Waals surface area contributed by atoms with Gasteiger partial charge in [0, 0.05) is 32.5 Å². The minimum absolute atomic E-state index is 0. The van der Waals surface area contributed by atoms with Crippen LogP contribution in [0.2, 0.25) is 0 Å². The van der Waals surface area contributed by atoms with Gasteiger partial charge in [0.05, 0.1) is 0 Å². The van der Waals surface area contributed by atoms with E-state index in [1.54, 1.807) is 10.4 Å². The number of aromatic nitrogens is 2. The molecule has 35 heavy (non-hydrogen) atoms. The van der Waals surface area contributed by atoms with Crippen molar-refractivity contribution >= 4 is 21.4 Å². The molecule has 3 heterocycles. The molecular weight excluding hydrogens is 625 g/mol. The minimum Gasteiger partial charge on any atom is -0.304 e. The van der Waals surface area contributed by atoms with Crippen molar-refractivity contribution in [1.82, 2.24) is 9.97 Å². The summed E-state index contributed by atoms with van der Waals surface area (Å²) in [6, 6.07) is 25.0. The standard InChI is InChI=1S/C19H18NS.C12H10N.Ir/c1-12-10-17(20-11-13(12)2)16-8-5-7-15-14-6-3-4-9-18(14)21-19(15)16;1-10-7-8-12(13-9-10)11-5-3-2-4-6-11;/h5,7,10-11H,3-4,6,9H2,1-2H3;2-5,7-9H,1H3;/q2*-1;. The van der Waals surface area contributed by atoms with Gasteiger partial charge < -0.3 is 9.97 Å². The summed E-state index contributed by atoms with van der Waals surface area (Å²) in [6.07, 6.45) is 8.99. The van der Waals surface area contributed by atoms with Crippen LogP contribution in [0.25, 0.3) is 32.6 Å². The van der Waals surface area contributed by atoms with Crippen LogP contribution < -0.4 is 0 Å². The molecule has 0 bridgehead atoms. The number of nitrogens with zero attached hydrogens (tertiary/aromatic N) is 2. The van der Waals surface area contributed by atoms with E-state index >= 15 is 0 Å². The average Bonchev–Trinajstić information content (AvgIpc) is 3.26. The number of benzene rings is 2. The van der Waals surface area contributed by atoms with E-state index in [0.717, 1.165) is 17.0 Å². The van der Waals surface area contributed by atoms with E-state index < -0.39 is 0 Å². The first-order valence-corrected chi connectivity index (χ1v) is 12.7. The quantitative estimate of drug-likeness (QED) is 0.180. The number of pyridine rings is 2. The van der Waals surface area contributed by atoms with E-state index in [-0.39, 0.29) is 20.1 Å². The molecule has 1 aliphatic carbocycles. The van der Waals surface area contributed by atoms with E-state index in [9.17, 15) is 0 Å². The third-order valence-electron chi connectivity index (χ3n) is 6.44. The van der Waals surface area contributed by atoms with E-state index in [1.807, 2.05) is 61.0 Å². The van der Waals surface area contributed by atoms with Gasteiger partial charge in [-0.3, -0.25) is 0 Å². The average molecular weight is 653 g/mol. The van der Waals surface area contributed by atoms with Crippen LogP contribution in [-0.4, -0.2) is 9.97 Å². The van der Waals surface area contributed by atoms with Gasteiger partial charge in [0.2, 0.25) is 0 Å². The van der Waals surface area contributed by atoms with Gasteiger partial charge in [0.25, 0.3) is 0 Å². The van der Waals surface area contributed by atoms with Crippen LogP contribution in [0.3, 0.4) is 0 Å². The van der Waals surface area contributed by atoms with Gasteiger partial charge in [0.15, 0.2) is 0 Å². The van der Waals surface area contributed by atoms with Crippen molar-refractivity contribution in [3.63, 3.8) is 0 Å². The number of hydrogen-bond donors (Lipinski definition) is 0. The third-order valence-corrected chi connectivity index (χ3v) is 7.77. The maximum absolute atomic E-state index is 4.64. The molecule has 2 aromatic carbocycles. The third kappa shape index (κ3) is 5.61. The molecule has 0 saturated carbocycles. The second-order valence-electron chi connectivity index (χ2n) is 8.96. The summed E-state index contributed by atoms with van der Waals surface area (Å²) >= 11 is 1.96. The summed E-state index contributed by atoms with van der Waals surface area (Å²) < 4.78 is 1.38. The van der Waals surface area contributed by atoms with Crippen molar-refractivity contribution in [1.29, 1.82) is 0 Å². The number of aryl methyl sites for hydroxylation is 5. The second-order valence-corrected chi connectivity index (χ2v) is 10.1. The summed E-state index contributed by atoms with van der Waals surface area (Å²) in [5, 5.41) is 1.43. The van der Waals surface area contributed by atoms with E-state index in [4.69, 9.17) is 0 Å². The summed E-state index contributed by atoms with van der Waals surface area (Å²) in [7, 11) is 0. The first-order valence-electron chi connectivity index (χ1n) is 11.9. The van der Waals surface area contributed by atoms with Gasteiger partial charge in [0.1, 0.15) is 0 Å². The molecule has 0 unspecified atom stereocenters. The largest absolute Gasteiger partial charge is 0.304 e. The molecule has 0 saturated heterocycles. The van der Waals surface area contributed by atoms with Crippen LogP contribution in [0.5, 0.6) is 0 Å². The topological polar surface area (TPSA) is 25.8 Å². The fourth-order valence-electron chi connectivity index (χ4n) is 4.36. The zero-order chi connectivity index (χ0) is 23.5. The van der Waals surface area contributed by atoms with Gasteiger partial charge in [-0.15, -0.1) is 59.7 Å². The first-order chi connectivity index (χ1) is 16.6. The Morgan fingerprint density at radius 1 is 0.800 bits per heavy atom. The van der Waals surface area contributed by atoms with Crippen LogP contribution in [0.1, 0.15) is 40.0 Å². The molecule has 179 valence electrons. The maximum atomic E-state index is 4.64. The monoisotopic (exact) mass is 653 g/mol. The Morgan fingerprint density at radius 3 is 2.37 bits per heavy atom. The predicted molar refractivity (Wildman–Crippen MR) is 143 cm³/mol. The predicted octanol–water partition coefficient (Wildman–Crippen LogP) is 8.11. The second kappa shape index (κ2) is 11.4. The van der Waals surface area contributed by atoms with Gasteiger partial charge >= 0.3 is 0 Å². The molecule has 1 radical (unpaired) electrons. The summed E-state index contributed by atoms with van der Waals surface area (Å²) in [6.45, 7) is 6.30. The fourth-order valence-corrected chi connectivity index (χ4v) is 5.75. The van der Waals surface area contributed by atoms with Crippen LogP contribution >= 0.6 is 11.3 Å². The summed E-state index contributed by atoms with van der Waals surface area (Å²) in [4.78, 5) is 10.5. The van der Waals surface area contributed by atoms with E-state index in [2.05, 4.69) is 60.2 Å². The summed E-state index contributed by atoms with van der Waals surface area (Å²) in [5.74, 6) is 0. The Morgan fingerprint density at radius 2 is 1.63 bits per heavy atom. The van der Waals surface area contributed by atoms with Crippen molar-refractivity contribution < 1.29 is 20.1 Å². The Labute approximate surface area is 225 Å². The molecule has 1 aliphatic rings. The molecule has 0 N–H and O–H groups in total. The normalized spacial score (nSPS) is 12.3.